The van der Waals surface area contributed by atoms with E-state index in [2.05, 4.69) is 31.9 Å². The highest BCUT2D eigenvalue weighted by Crippen LogP contribution is 2.31. The van der Waals surface area contributed by atoms with E-state index in [0.29, 0.717) is 16.8 Å². The number of likely N-dealkylation sites (N-methyl/N-ethyl adjacent to an activating group) is 1. The summed E-state index contributed by atoms with van der Waals surface area (Å²) in [4.78, 5) is 21.8. The van der Waals surface area contributed by atoms with Crippen molar-refractivity contribution in [2.24, 2.45) is 0 Å². The van der Waals surface area contributed by atoms with Gasteiger partial charge in [0.25, 0.3) is 5.91 Å². The number of alkyl halides is 3. The second-order valence-corrected chi connectivity index (χ2v) is 8.20. The van der Waals surface area contributed by atoms with E-state index in [1.807, 2.05) is 19.1 Å². The van der Waals surface area contributed by atoms with Gasteiger partial charge in [0.05, 0.1) is 5.56 Å². The van der Waals surface area contributed by atoms with Gasteiger partial charge in [0, 0.05) is 38.1 Å². The Bertz CT molecular complexity index is 1140. The van der Waals surface area contributed by atoms with Crippen molar-refractivity contribution in [1.29, 1.82) is 0 Å². The Balaban J connectivity index is 1.46. The predicted octanol–water partition coefficient (Wildman–Crippen LogP) is 4.96. The molecular weight excluding hydrogens is 445 g/mol. The molecule has 0 radical (unpaired) electrons. The average molecular weight is 470 g/mol. The fourth-order valence-corrected chi connectivity index (χ4v) is 3.86. The predicted molar refractivity (Wildman–Crippen MR) is 125 cm³/mol. The Hall–Kier alpha value is -3.59. The maximum atomic E-state index is 12.8. The third-order valence-corrected chi connectivity index (χ3v) is 5.82. The van der Waals surface area contributed by atoms with Crippen molar-refractivity contribution in [1.82, 2.24) is 9.88 Å². The highest BCUT2D eigenvalue weighted by Gasteiger charge is 2.31. The van der Waals surface area contributed by atoms with E-state index in [0.717, 1.165) is 43.1 Å². The topological polar surface area (TPSA) is 57.7 Å². The van der Waals surface area contributed by atoms with Gasteiger partial charge in [0.15, 0.2) is 0 Å². The Morgan fingerprint density at radius 2 is 1.71 bits per heavy atom. The number of pyridine rings is 1. The number of hydrogen-bond donors (Lipinski definition) is 1. The van der Waals surface area contributed by atoms with Crippen LogP contribution in [0.15, 0.2) is 60.8 Å². The molecule has 6 nitrogen and oxygen atoms in total. The monoisotopic (exact) mass is 470 g/mol. The Kier molecular flexibility index (Phi) is 6.74. The molecule has 1 aliphatic heterocycles. The van der Waals surface area contributed by atoms with Gasteiger partial charge in [-0.2, -0.15) is 0 Å². The maximum Gasteiger partial charge on any atom is 0.573 e. The van der Waals surface area contributed by atoms with Gasteiger partial charge in [-0.25, -0.2) is 4.98 Å². The number of piperazine rings is 1. The molecule has 1 N–H and O–H groups in total. The minimum absolute atomic E-state index is 0.286. The fraction of sp³-hybridized carbons (Fsp3) is 0.280. The van der Waals surface area contributed by atoms with E-state index in [4.69, 9.17) is 0 Å². The number of carbonyl (C=O) groups is 1. The molecule has 0 saturated carbocycles. The van der Waals surface area contributed by atoms with Crippen LogP contribution in [-0.4, -0.2) is 55.4 Å². The van der Waals surface area contributed by atoms with Crippen LogP contribution in [0.25, 0.3) is 11.1 Å². The molecule has 0 unspecified atom stereocenters. The van der Waals surface area contributed by atoms with Crippen LogP contribution in [0.2, 0.25) is 0 Å². The lowest BCUT2D eigenvalue weighted by molar-refractivity contribution is -0.274. The first-order valence-corrected chi connectivity index (χ1v) is 10.9. The summed E-state index contributed by atoms with van der Waals surface area (Å²) in [5, 5.41) is 2.91. The minimum Gasteiger partial charge on any atom is -0.406 e. The van der Waals surface area contributed by atoms with Crippen LogP contribution < -0.4 is 15.0 Å². The van der Waals surface area contributed by atoms with Crippen molar-refractivity contribution in [3.63, 3.8) is 0 Å². The van der Waals surface area contributed by atoms with Gasteiger partial charge in [0.1, 0.15) is 11.6 Å². The molecule has 0 aliphatic carbocycles. The molecule has 34 heavy (non-hydrogen) atoms. The lowest BCUT2D eigenvalue weighted by Crippen LogP contribution is -2.44. The zero-order valence-electron chi connectivity index (χ0n) is 18.9. The van der Waals surface area contributed by atoms with E-state index in [1.54, 1.807) is 36.5 Å². The molecule has 3 aromatic rings. The summed E-state index contributed by atoms with van der Waals surface area (Å²) in [6, 6.07) is 14.7. The number of hydrogen-bond acceptors (Lipinski definition) is 5. The number of nitrogens with zero attached hydrogens (tertiary/aromatic N) is 3. The van der Waals surface area contributed by atoms with Crippen LogP contribution >= 0.6 is 0 Å². The number of nitrogens with one attached hydrogen (secondary N) is 1. The third-order valence-electron chi connectivity index (χ3n) is 5.82. The molecule has 0 bridgehead atoms. The second-order valence-electron chi connectivity index (χ2n) is 8.20. The molecule has 2 aromatic carbocycles. The SMILES string of the molecule is Cc1c(NC(=O)c2ccc(N3CCN(C)CC3)nc2)cccc1-c1ccc(OC(F)(F)F)cc1. The minimum atomic E-state index is -4.74. The normalized spacial score (nSPS) is 14.7. The van der Waals surface area contributed by atoms with E-state index >= 15 is 0 Å². The van der Waals surface area contributed by atoms with Crippen LogP contribution in [0.5, 0.6) is 5.75 Å². The van der Waals surface area contributed by atoms with Gasteiger partial charge in [-0.3, -0.25) is 4.79 Å². The van der Waals surface area contributed by atoms with E-state index in [9.17, 15) is 18.0 Å². The number of carbonyl (C=O) groups excluding carboxylic acids is 1. The summed E-state index contributed by atoms with van der Waals surface area (Å²) in [6.45, 7) is 5.57. The van der Waals surface area contributed by atoms with Gasteiger partial charge < -0.3 is 19.9 Å². The number of aromatic nitrogens is 1. The van der Waals surface area contributed by atoms with Crippen molar-refractivity contribution < 1.29 is 22.7 Å². The van der Waals surface area contributed by atoms with Crippen molar-refractivity contribution in [3.05, 3.63) is 71.9 Å². The highest BCUT2D eigenvalue weighted by atomic mass is 19.4. The summed E-state index contributed by atoms with van der Waals surface area (Å²) in [5.74, 6) is 0.276. The number of rotatable bonds is 5. The fourth-order valence-electron chi connectivity index (χ4n) is 3.86. The van der Waals surface area contributed by atoms with Crippen LogP contribution in [-0.2, 0) is 0 Å². The van der Waals surface area contributed by atoms with Gasteiger partial charge in [-0.05, 0) is 61.0 Å². The lowest BCUT2D eigenvalue weighted by Gasteiger charge is -2.33. The number of anilines is 2. The standard InChI is InChI=1S/C25H25F3N4O2/c1-17-21(18-6-9-20(10-7-18)34-25(26,27)28)4-3-5-22(17)30-24(33)19-8-11-23(29-16-19)32-14-12-31(2)13-15-32/h3-11,16H,12-15H2,1-2H3,(H,30,33). The smallest absolute Gasteiger partial charge is 0.406 e. The first-order chi connectivity index (χ1) is 16.2. The molecule has 0 spiro atoms. The number of amides is 1. The molecule has 1 aliphatic rings. The molecule has 1 amide bonds. The molecule has 1 aromatic heterocycles. The first kappa shape index (κ1) is 23.6. The van der Waals surface area contributed by atoms with Crippen molar-refractivity contribution in [3.8, 4) is 16.9 Å². The third kappa shape index (κ3) is 5.66. The molecule has 0 atom stereocenters. The number of benzene rings is 2. The molecule has 9 heteroatoms. The van der Waals surface area contributed by atoms with Crippen molar-refractivity contribution >= 4 is 17.4 Å². The van der Waals surface area contributed by atoms with E-state index < -0.39 is 6.36 Å². The summed E-state index contributed by atoms with van der Waals surface area (Å²) in [6.07, 6.45) is -3.17. The largest absolute Gasteiger partial charge is 0.573 e. The number of halogens is 3. The van der Waals surface area contributed by atoms with Crippen LogP contribution in [0.1, 0.15) is 15.9 Å². The van der Waals surface area contributed by atoms with Gasteiger partial charge in [-0.15, -0.1) is 13.2 Å². The Morgan fingerprint density at radius 1 is 1.00 bits per heavy atom. The quantitative estimate of drug-likeness (QED) is 0.571. The second kappa shape index (κ2) is 9.72. The molecule has 4 rings (SSSR count). The van der Waals surface area contributed by atoms with Crippen LogP contribution in [0.3, 0.4) is 0 Å². The van der Waals surface area contributed by atoms with Gasteiger partial charge in [0.2, 0.25) is 0 Å². The lowest BCUT2D eigenvalue weighted by atomic mass is 9.99. The van der Waals surface area contributed by atoms with Gasteiger partial charge >= 0.3 is 6.36 Å². The molecular formula is C25H25F3N4O2. The summed E-state index contributed by atoms with van der Waals surface area (Å²) in [7, 11) is 2.09. The maximum absolute atomic E-state index is 12.8. The zero-order valence-corrected chi connectivity index (χ0v) is 18.9. The highest BCUT2D eigenvalue weighted by molar-refractivity contribution is 6.05. The summed E-state index contributed by atoms with van der Waals surface area (Å²) < 4.78 is 41.1. The molecule has 178 valence electrons. The van der Waals surface area contributed by atoms with Gasteiger partial charge in [-0.1, -0.05) is 24.3 Å². The van der Waals surface area contributed by atoms with Crippen LogP contribution in [0.4, 0.5) is 24.7 Å². The molecule has 1 saturated heterocycles. The van der Waals surface area contributed by atoms with Crippen molar-refractivity contribution in [2.75, 3.05) is 43.4 Å². The first-order valence-electron chi connectivity index (χ1n) is 10.9. The van der Waals surface area contributed by atoms with Crippen LogP contribution in [0, 0.1) is 6.92 Å². The molecule has 2 heterocycles. The van der Waals surface area contributed by atoms with E-state index in [-0.39, 0.29) is 11.7 Å². The number of ether oxygens (including phenoxy) is 1. The molecule has 1 fully saturated rings. The Labute approximate surface area is 196 Å². The van der Waals surface area contributed by atoms with Crippen molar-refractivity contribution in [2.45, 2.75) is 13.3 Å². The average Bonchev–Trinajstić information content (AvgIpc) is 2.81. The zero-order chi connectivity index (χ0) is 24.3. The Morgan fingerprint density at radius 3 is 2.32 bits per heavy atom. The van der Waals surface area contributed by atoms with E-state index in [1.165, 1.54) is 12.1 Å². The summed E-state index contributed by atoms with van der Waals surface area (Å²) >= 11 is 0. The summed E-state index contributed by atoms with van der Waals surface area (Å²) in [5.41, 5.74) is 3.35.